The minimum absolute atomic E-state index is 0.0204. The van der Waals surface area contributed by atoms with Gasteiger partial charge in [0.2, 0.25) is 15.9 Å². The molecule has 4 heterocycles. The first-order valence-electron chi connectivity index (χ1n) is 23.2. The number of piperidine rings is 1. The Hall–Kier alpha value is -7.19. The number of fused-ring (bicyclic) bond motifs is 3. The zero-order valence-corrected chi connectivity index (χ0v) is 40.4. The van der Waals surface area contributed by atoms with Gasteiger partial charge in [0.1, 0.15) is 45.3 Å². The number of hydrogen-bond donors (Lipinski definition) is 2. The number of methoxy groups -OCH3 is 1. The van der Waals surface area contributed by atoms with Gasteiger partial charge in [-0.15, -0.1) is 5.10 Å². The van der Waals surface area contributed by atoms with Gasteiger partial charge < -0.3 is 24.6 Å². The van der Waals surface area contributed by atoms with E-state index >= 15 is 0 Å². The van der Waals surface area contributed by atoms with Crippen molar-refractivity contribution in [2.75, 3.05) is 33.9 Å². The van der Waals surface area contributed by atoms with Gasteiger partial charge in [0, 0.05) is 39.5 Å². The lowest BCUT2D eigenvalue weighted by Gasteiger charge is -2.32. The molecule has 70 heavy (non-hydrogen) atoms. The second-order valence-electron chi connectivity index (χ2n) is 18.0. The van der Waals surface area contributed by atoms with Crippen molar-refractivity contribution in [3.05, 3.63) is 106 Å². The number of carboxylic acids is 1. The van der Waals surface area contributed by atoms with Crippen molar-refractivity contribution in [2.24, 2.45) is 7.05 Å². The predicted octanol–water partition coefficient (Wildman–Crippen LogP) is 4.91. The van der Waals surface area contributed by atoms with Crippen LogP contribution in [0.1, 0.15) is 106 Å². The third kappa shape index (κ3) is 9.96. The fraction of sp³-hybridized carbons (Fsp3) is 0.400. The van der Waals surface area contributed by atoms with Crippen molar-refractivity contribution in [3.8, 4) is 17.2 Å². The molecule has 1 aromatic heterocycles. The number of imide groups is 2. The summed E-state index contributed by atoms with van der Waals surface area (Å²) < 4.78 is 49.2. The Morgan fingerprint density at radius 1 is 0.943 bits per heavy atom. The first-order chi connectivity index (χ1) is 33.5. The second kappa shape index (κ2) is 20.4. The molecule has 4 aromatic carbocycles. The molecule has 5 amide bonds. The maximum Gasteiger partial charge on any atom is 0.304 e. The molecule has 0 radical (unpaired) electrons. The van der Waals surface area contributed by atoms with E-state index in [0.717, 1.165) is 45.8 Å². The van der Waals surface area contributed by atoms with E-state index in [0.29, 0.717) is 47.3 Å². The molecule has 1 fully saturated rings. The standard InChI is InChI=1S/C50H55N7O12S/c1-29-14-16-32(36(25-45(60)61)33-23-37-47(41(24-33)67-5)55(4)53-52-37)22-34(29)27-56-26-30(2)69-40-21-31(15-18-42(40)70(56,65)66)11-8-6-7-9-20-51-43(58)28-68-39-13-10-12-35-46(39)50(64)57(48(35)62)38-17-19-44(59)54(3)49(38)63/h10,12-16,18,21-24,30,36,38H,6-9,11,17,19-20,25-28H2,1-5H3,(H,51,58)(H,60,61)/t30-,36+,38?/m1/s1. The number of nitrogens with zero attached hydrogens (tertiary/aromatic N) is 6. The third-order valence-electron chi connectivity index (χ3n) is 13.1. The molecule has 368 valence electrons. The number of amides is 5. The summed E-state index contributed by atoms with van der Waals surface area (Å²) in [6.07, 6.45) is 3.19. The number of hydrogen-bond acceptors (Lipinski definition) is 13. The molecule has 0 spiro atoms. The van der Waals surface area contributed by atoms with Gasteiger partial charge in [0.15, 0.2) is 6.61 Å². The molecule has 5 aromatic rings. The molecule has 19 nitrogen and oxygen atoms in total. The number of nitrogens with one attached hydrogen (secondary N) is 1. The first-order valence-corrected chi connectivity index (χ1v) is 24.6. The highest BCUT2D eigenvalue weighted by Crippen LogP contribution is 2.38. The van der Waals surface area contributed by atoms with E-state index in [-0.39, 0.29) is 65.8 Å². The quantitative estimate of drug-likeness (QED) is 0.0878. The Bertz CT molecular complexity index is 3030. The van der Waals surface area contributed by atoms with Crippen molar-refractivity contribution < 1.29 is 56.5 Å². The molecule has 3 atom stereocenters. The number of carbonyl (C=O) groups is 6. The molecule has 0 saturated carbocycles. The smallest absolute Gasteiger partial charge is 0.304 e. The van der Waals surface area contributed by atoms with Crippen molar-refractivity contribution in [2.45, 2.75) is 94.7 Å². The van der Waals surface area contributed by atoms with Gasteiger partial charge in [-0.05, 0) is 104 Å². The highest BCUT2D eigenvalue weighted by atomic mass is 32.2. The number of likely N-dealkylation sites (tertiary alicyclic amines) is 1. The summed E-state index contributed by atoms with van der Waals surface area (Å²) >= 11 is 0. The topological polar surface area (TPSA) is 237 Å². The summed E-state index contributed by atoms with van der Waals surface area (Å²) in [4.78, 5) is 78.2. The summed E-state index contributed by atoms with van der Waals surface area (Å²) in [5, 5.41) is 21.1. The maximum atomic E-state index is 14.3. The average Bonchev–Trinajstić information content (AvgIpc) is 3.80. The number of aromatic nitrogens is 3. The Morgan fingerprint density at radius 2 is 1.73 bits per heavy atom. The molecule has 0 aliphatic carbocycles. The number of ether oxygens (including phenoxy) is 3. The zero-order valence-electron chi connectivity index (χ0n) is 39.6. The van der Waals surface area contributed by atoms with Gasteiger partial charge in [-0.25, -0.2) is 13.1 Å². The van der Waals surface area contributed by atoms with Crippen LogP contribution in [-0.4, -0.2) is 124 Å². The number of rotatable bonds is 18. The van der Waals surface area contributed by atoms with Crippen LogP contribution < -0.4 is 19.5 Å². The van der Waals surface area contributed by atoms with E-state index in [4.69, 9.17) is 14.2 Å². The van der Waals surface area contributed by atoms with Crippen molar-refractivity contribution >= 4 is 56.6 Å². The minimum Gasteiger partial charge on any atom is -0.494 e. The highest BCUT2D eigenvalue weighted by molar-refractivity contribution is 7.89. The Labute approximate surface area is 404 Å². The highest BCUT2D eigenvalue weighted by Gasteiger charge is 2.47. The zero-order chi connectivity index (χ0) is 50.0. The number of likely N-dealkylation sites (N-methyl/N-ethyl adjacent to an activating group) is 1. The third-order valence-corrected chi connectivity index (χ3v) is 15.0. The first kappa shape index (κ1) is 49.2. The normalized spacial score (nSPS) is 18.3. The summed E-state index contributed by atoms with van der Waals surface area (Å²) in [5.74, 6) is -3.54. The second-order valence-corrected chi connectivity index (χ2v) is 19.9. The van der Waals surface area contributed by atoms with E-state index in [1.807, 2.05) is 38.1 Å². The van der Waals surface area contributed by atoms with E-state index in [2.05, 4.69) is 15.6 Å². The number of benzene rings is 4. The van der Waals surface area contributed by atoms with Crippen LogP contribution in [0, 0.1) is 6.92 Å². The summed E-state index contributed by atoms with van der Waals surface area (Å²) in [5.41, 5.74) is 5.16. The van der Waals surface area contributed by atoms with Crippen LogP contribution in [0.15, 0.2) is 71.6 Å². The van der Waals surface area contributed by atoms with Crippen LogP contribution in [0.25, 0.3) is 11.0 Å². The van der Waals surface area contributed by atoms with Crippen LogP contribution in [0.4, 0.5) is 0 Å². The molecule has 1 saturated heterocycles. The fourth-order valence-corrected chi connectivity index (χ4v) is 11.0. The SMILES string of the molecule is COc1cc([C@@H](CC(=O)O)c2ccc(C)c(CN3C[C@@H](C)Oc4cc(CCCCCCNC(=O)COc5cccc6c5C(=O)N(C5CCC(=O)N(C)C5=O)C6=O)ccc4S3(=O)=O)c2)cc2nnn(C)c12. The van der Waals surface area contributed by atoms with Gasteiger partial charge in [-0.3, -0.25) is 38.6 Å². The van der Waals surface area contributed by atoms with E-state index in [1.165, 1.54) is 36.7 Å². The lowest BCUT2D eigenvalue weighted by molar-refractivity contribution is -0.149. The fourth-order valence-electron chi connectivity index (χ4n) is 9.39. The summed E-state index contributed by atoms with van der Waals surface area (Å²) in [7, 11) is 0.583. The molecule has 0 bridgehead atoms. The summed E-state index contributed by atoms with van der Waals surface area (Å²) in [6.45, 7) is 3.85. The van der Waals surface area contributed by atoms with Crippen LogP contribution >= 0.6 is 0 Å². The van der Waals surface area contributed by atoms with Crippen molar-refractivity contribution in [1.82, 2.24) is 34.4 Å². The molecular formula is C50H55N7O12S. The lowest BCUT2D eigenvalue weighted by Crippen LogP contribution is -2.54. The molecule has 2 N–H and O–H groups in total. The Morgan fingerprint density at radius 3 is 2.50 bits per heavy atom. The number of aliphatic carboxylic acids is 1. The van der Waals surface area contributed by atoms with E-state index in [1.54, 1.807) is 36.0 Å². The monoisotopic (exact) mass is 977 g/mol. The summed E-state index contributed by atoms with van der Waals surface area (Å²) in [6, 6.07) is 17.8. The van der Waals surface area contributed by atoms with Crippen LogP contribution in [0.2, 0.25) is 0 Å². The lowest BCUT2D eigenvalue weighted by atomic mass is 9.86. The van der Waals surface area contributed by atoms with Crippen LogP contribution in [0.3, 0.4) is 0 Å². The van der Waals surface area contributed by atoms with Gasteiger partial charge in [-0.1, -0.05) is 48.4 Å². The van der Waals surface area contributed by atoms with Gasteiger partial charge >= 0.3 is 5.97 Å². The Balaban J connectivity index is 0.830. The number of carboxylic acid groups (broad SMARTS) is 1. The molecular weight excluding hydrogens is 923 g/mol. The Kier molecular flexibility index (Phi) is 14.4. The maximum absolute atomic E-state index is 14.3. The molecule has 3 aliphatic rings. The van der Waals surface area contributed by atoms with E-state index in [9.17, 15) is 42.3 Å². The van der Waals surface area contributed by atoms with Gasteiger partial charge in [0.05, 0.1) is 31.2 Å². The molecule has 8 rings (SSSR count). The van der Waals surface area contributed by atoms with Crippen molar-refractivity contribution in [3.63, 3.8) is 0 Å². The van der Waals surface area contributed by atoms with E-state index < -0.39 is 64.3 Å². The number of aryl methyl sites for hydroxylation is 3. The van der Waals surface area contributed by atoms with Gasteiger partial charge in [-0.2, -0.15) is 4.31 Å². The number of carbonyl (C=O) groups excluding carboxylic acids is 5. The largest absolute Gasteiger partial charge is 0.494 e. The molecule has 20 heteroatoms. The van der Waals surface area contributed by atoms with Crippen LogP contribution in [0.5, 0.6) is 17.2 Å². The molecule has 3 aliphatic heterocycles. The number of unbranched alkanes of at least 4 members (excludes halogenated alkanes) is 3. The molecule has 1 unspecified atom stereocenters. The minimum atomic E-state index is -4.02. The van der Waals surface area contributed by atoms with Gasteiger partial charge in [0.25, 0.3) is 23.6 Å². The predicted molar refractivity (Wildman–Crippen MR) is 253 cm³/mol. The number of sulfonamides is 1. The van der Waals surface area contributed by atoms with Crippen molar-refractivity contribution in [1.29, 1.82) is 0 Å². The van der Waals surface area contributed by atoms with Crippen LogP contribution in [-0.2, 0) is 49.2 Å². The average molecular weight is 978 g/mol.